The monoisotopic (exact) mass is 323 g/mol. The highest BCUT2D eigenvalue weighted by molar-refractivity contribution is 9.10. The van der Waals surface area contributed by atoms with Crippen LogP contribution < -0.4 is 5.32 Å². The van der Waals surface area contributed by atoms with Gasteiger partial charge in [-0.25, -0.2) is 4.39 Å². The summed E-state index contributed by atoms with van der Waals surface area (Å²) in [5.41, 5.74) is 0.281. The molecule has 0 aromatic heterocycles. The van der Waals surface area contributed by atoms with Crippen LogP contribution in [0, 0.1) is 5.82 Å². The fourth-order valence-corrected chi connectivity index (χ4v) is 1.49. The third-order valence-electron chi connectivity index (χ3n) is 1.94. The molecule has 0 radical (unpaired) electrons. The predicted octanol–water partition coefficient (Wildman–Crippen LogP) is 2.57. The number of carbonyl (C=O) groups excluding carboxylic acids is 1. The van der Waals surface area contributed by atoms with Gasteiger partial charge in [0.25, 0.3) is 5.91 Å². The molecule has 1 rings (SSSR count). The Kier molecular flexibility index (Phi) is 6.47. The molecule has 0 fully saturated rings. The summed E-state index contributed by atoms with van der Waals surface area (Å²) < 4.78 is 18.6. The molecule has 0 aliphatic carbocycles. The zero-order valence-electron chi connectivity index (χ0n) is 9.01. The first kappa shape index (κ1) is 14.4. The molecule has 1 aromatic carbocycles. The molecule has 1 aromatic rings. The van der Waals surface area contributed by atoms with Gasteiger partial charge in [-0.1, -0.05) is 0 Å². The summed E-state index contributed by atoms with van der Waals surface area (Å²) in [7, 11) is 0. The Balaban J connectivity index is 2.39. The molecule has 0 atom stereocenters. The van der Waals surface area contributed by atoms with Crippen molar-refractivity contribution in [1.82, 2.24) is 5.32 Å². The number of ether oxygens (including phenoxy) is 1. The second kappa shape index (κ2) is 7.63. The maximum atomic E-state index is 13.2. The summed E-state index contributed by atoms with van der Waals surface area (Å²) in [5.74, 6) is -0.367. The van der Waals surface area contributed by atoms with Crippen molar-refractivity contribution in [3.8, 4) is 0 Å². The van der Waals surface area contributed by atoms with E-state index in [1.165, 1.54) is 12.1 Å². The summed E-state index contributed by atoms with van der Waals surface area (Å²) in [6.07, 6.45) is 0. The van der Waals surface area contributed by atoms with Crippen LogP contribution in [-0.2, 0) is 4.74 Å². The number of alkyl halides is 1. The van der Waals surface area contributed by atoms with E-state index in [4.69, 9.17) is 16.3 Å². The van der Waals surface area contributed by atoms with Gasteiger partial charge in [-0.2, -0.15) is 0 Å². The lowest BCUT2D eigenvalue weighted by molar-refractivity contribution is 0.0923. The number of hydrogen-bond acceptors (Lipinski definition) is 2. The van der Waals surface area contributed by atoms with Crippen LogP contribution in [-0.4, -0.2) is 31.5 Å². The molecular formula is C11H12BrClFNO2. The van der Waals surface area contributed by atoms with Crippen molar-refractivity contribution in [2.24, 2.45) is 0 Å². The summed E-state index contributed by atoms with van der Waals surface area (Å²) in [5, 5.41) is 2.62. The third kappa shape index (κ3) is 5.02. The van der Waals surface area contributed by atoms with Gasteiger partial charge < -0.3 is 10.1 Å². The number of nitrogens with one attached hydrogen (secondary N) is 1. The Morgan fingerprint density at radius 1 is 1.47 bits per heavy atom. The average Bonchev–Trinajstić information content (AvgIpc) is 2.32. The summed E-state index contributed by atoms with van der Waals surface area (Å²) in [6.45, 7) is 1.20. The lowest BCUT2D eigenvalue weighted by atomic mass is 10.2. The number of halogens is 3. The van der Waals surface area contributed by atoms with Gasteiger partial charge in [0, 0.05) is 18.0 Å². The lowest BCUT2D eigenvalue weighted by Crippen LogP contribution is -2.27. The fraction of sp³-hybridized carbons (Fsp3) is 0.364. The largest absolute Gasteiger partial charge is 0.378 e. The Bertz CT molecular complexity index is 390. The average molecular weight is 325 g/mol. The van der Waals surface area contributed by atoms with Gasteiger partial charge >= 0.3 is 0 Å². The van der Waals surface area contributed by atoms with E-state index in [2.05, 4.69) is 21.2 Å². The van der Waals surface area contributed by atoms with E-state index in [-0.39, 0.29) is 11.5 Å². The van der Waals surface area contributed by atoms with Crippen LogP contribution in [0.1, 0.15) is 10.4 Å². The van der Waals surface area contributed by atoms with Crippen molar-refractivity contribution >= 4 is 33.4 Å². The fourth-order valence-electron chi connectivity index (χ4n) is 1.13. The molecule has 0 aliphatic rings. The molecule has 0 heterocycles. The number of hydrogen-bond donors (Lipinski definition) is 1. The first-order valence-corrected chi connectivity index (χ1v) is 6.35. The van der Waals surface area contributed by atoms with Crippen LogP contribution in [0.2, 0.25) is 0 Å². The molecule has 0 saturated heterocycles. The van der Waals surface area contributed by atoms with Crippen molar-refractivity contribution in [2.75, 3.05) is 25.6 Å². The highest BCUT2D eigenvalue weighted by Crippen LogP contribution is 2.16. The smallest absolute Gasteiger partial charge is 0.251 e. The van der Waals surface area contributed by atoms with Gasteiger partial charge in [0.05, 0.1) is 17.7 Å². The molecule has 17 heavy (non-hydrogen) atoms. The lowest BCUT2D eigenvalue weighted by Gasteiger charge is -2.06. The van der Waals surface area contributed by atoms with Crippen molar-refractivity contribution in [3.05, 3.63) is 34.1 Å². The second-order valence-electron chi connectivity index (χ2n) is 3.19. The van der Waals surface area contributed by atoms with Crippen molar-refractivity contribution in [3.63, 3.8) is 0 Å². The first-order valence-electron chi connectivity index (χ1n) is 5.02. The summed E-state index contributed by atoms with van der Waals surface area (Å²) in [4.78, 5) is 11.6. The zero-order chi connectivity index (χ0) is 12.7. The van der Waals surface area contributed by atoms with Crippen LogP contribution >= 0.6 is 27.5 Å². The Morgan fingerprint density at radius 3 is 2.88 bits per heavy atom. The predicted molar refractivity (Wildman–Crippen MR) is 68.0 cm³/mol. The van der Waals surface area contributed by atoms with Gasteiger partial charge in [0.2, 0.25) is 0 Å². The normalized spacial score (nSPS) is 10.3. The van der Waals surface area contributed by atoms with Crippen molar-refractivity contribution in [2.45, 2.75) is 0 Å². The zero-order valence-corrected chi connectivity index (χ0v) is 11.4. The molecule has 0 aliphatic heterocycles. The maximum Gasteiger partial charge on any atom is 0.251 e. The van der Waals surface area contributed by atoms with Gasteiger partial charge in [0.15, 0.2) is 0 Å². The number of amides is 1. The van der Waals surface area contributed by atoms with Crippen molar-refractivity contribution < 1.29 is 13.9 Å². The summed E-state index contributed by atoms with van der Waals surface area (Å²) >= 11 is 8.43. The Labute approximate surface area is 112 Å². The van der Waals surface area contributed by atoms with E-state index in [9.17, 15) is 9.18 Å². The highest BCUT2D eigenvalue weighted by Gasteiger charge is 2.07. The molecular weight excluding hydrogens is 312 g/mol. The quantitative estimate of drug-likeness (QED) is 0.645. The molecule has 0 bridgehead atoms. The number of carbonyl (C=O) groups is 1. The summed E-state index contributed by atoms with van der Waals surface area (Å²) in [6, 6.07) is 4.22. The topological polar surface area (TPSA) is 38.3 Å². The van der Waals surface area contributed by atoms with Crippen LogP contribution in [0.3, 0.4) is 0 Å². The van der Waals surface area contributed by atoms with E-state index in [1.54, 1.807) is 6.07 Å². The van der Waals surface area contributed by atoms with Crippen LogP contribution in [0.25, 0.3) is 0 Å². The molecule has 0 saturated carbocycles. The molecule has 1 amide bonds. The molecule has 6 heteroatoms. The third-order valence-corrected chi connectivity index (χ3v) is 2.73. The molecule has 0 unspecified atom stereocenters. The van der Waals surface area contributed by atoms with Gasteiger partial charge in [0.1, 0.15) is 5.82 Å². The highest BCUT2D eigenvalue weighted by atomic mass is 79.9. The molecule has 94 valence electrons. The number of benzene rings is 1. The molecule has 3 nitrogen and oxygen atoms in total. The second-order valence-corrected chi connectivity index (χ2v) is 4.42. The van der Waals surface area contributed by atoms with Gasteiger partial charge in [-0.05, 0) is 34.1 Å². The standard InChI is InChI=1S/C11H12BrClFNO2/c12-9-2-1-8(7-10(9)14)11(16)15-4-6-17-5-3-13/h1-2,7H,3-6H2,(H,15,16). The van der Waals surface area contributed by atoms with E-state index in [1.807, 2.05) is 0 Å². The van der Waals surface area contributed by atoms with E-state index in [0.29, 0.717) is 30.1 Å². The minimum absolute atomic E-state index is 0.281. The van der Waals surface area contributed by atoms with Gasteiger partial charge in [-0.3, -0.25) is 4.79 Å². The molecule has 0 spiro atoms. The van der Waals surface area contributed by atoms with Crippen molar-refractivity contribution in [1.29, 1.82) is 0 Å². The van der Waals surface area contributed by atoms with E-state index in [0.717, 1.165) is 0 Å². The van der Waals surface area contributed by atoms with Gasteiger partial charge in [-0.15, -0.1) is 11.6 Å². The van der Waals surface area contributed by atoms with Crippen LogP contribution in [0.4, 0.5) is 4.39 Å². The van der Waals surface area contributed by atoms with E-state index >= 15 is 0 Å². The first-order chi connectivity index (χ1) is 8.15. The van der Waals surface area contributed by atoms with Crippen LogP contribution in [0.5, 0.6) is 0 Å². The number of rotatable bonds is 6. The SMILES string of the molecule is O=C(NCCOCCCl)c1ccc(Br)c(F)c1. The Hall–Kier alpha value is -0.650. The van der Waals surface area contributed by atoms with Crippen LogP contribution in [0.15, 0.2) is 22.7 Å². The minimum Gasteiger partial charge on any atom is -0.378 e. The minimum atomic E-state index is -0.462. The maximum absolute atomic E-state index is 13.2. The van der Waals surface area contributed by atoms with E-state index < -0.39 is 5.82 Å². The molecule has 1 N–H and O–H groups in total. The Morgan fingerprint density at radius 2 is 2.24 bits per heavy atom.